The van der Waals surface area contributed by atoms with Gasteiger partial charge in [0.05, 0.1) is 31.5 Å². The quantitative estimate of drug-likeness (QED) is 0.0653. The van der Waals surface area contributed by atoms with Crippen molar-refractivity contribution >= 4 is 124 Å². The molecule has 4 amide bonds. The van der Waals surface area contributed by atoms with Crippen LogP contribution in [-0.4, -0.2) is 102 Å². The summed E-state index contributed by atoms with van der Waals surface area (Å²) in [4.78, 5) is 61.2. The van der Waals surface area contributed by atoms with E-state index in [0.29, 0.717) is 41.0 Å². The van der Waals surface area contributed by atoms with Crippen molar-refractivity contribution in [2.24, 2.45) is 0 Å². The highest BCUT2D eigenvalue weighted by atomic mass is 79.9. The number of rotatable bonds is 16. The van der Waals surface area contributed by atoms with Gasteiger partial charge in [0.15, 0.2) is 51.0 Å². The summed E-state index contributed by atoms with van der Waals surface area (Å²) >= 11 is 5.62. The van der Waals surface area contributed by atoms with Gasteiger partial charge in [0.25, 0.3) is 0 Å². The van der Waals surface area contributed by atoms with Gasteiger partial charge in [0.1, 0.15) is 35.8 Å². The minimum absolute atomic E-state index is 0.0136. The number of amides is 4. The molecule has 0 bridgehead atoms. The van der Waals surface area contributed by atoms with E-state index in [9.17, 15) is 79.2 Å². The van der Waals surface area contributed by atoms with E-state index in [1.54, 1.807) is 35.7 Å². The van der Waals surface area contributed by atoms with Gasteiger partial charge < -0.3 is 30.3 Å². The maximum absolute atomic E-state index is 12.8. The first-order chi connectivity index (χ1) is 45.8. The molecular weight excluding hydrogens is 1520 g/mol. The number of carbonyl (C=O) groups excluding carboxylic acids is 4. The van der Waals surface area contributed by atoms with Crippen molar-refractivity contribution in [3.8, 4) is 0 Å². The summed E-state index contributed by atoms with van der Waals surface area (Å²) in [5.74, 6) is -1.81. The number of hydrogen-bond acceptors (Lipinski definition) is 21. The Morgan fingerprint density at radius 1 is 0.446 bits per heavy atom. The largest absolute Gasteiger partial charge is 0.417 e. The predicted molar refractivity (Wildman–Crippen MR) is 374 cm³/mol. The van der Waals surface area contributed by atoms with E-state index in [-0.39, 0.29) is 47.7 Å². The molecular formula is C65H76BrF6N9O14S6. The van der Waals surface area contributed by atoms with E-state index in [1.807, 2.05) is 67.7 Å². The highest BCUT2D eigenvalue weighted by Crippen LogP contribution is 2.37. The second kappa shape index (κ2) is 30.7. The number of thiophene rings is 1. The van der Waals surface area contributed by atoms with E-state index < -0.39 is 110 Å². The summed E-state index contributed by atoms with van der Waals surface area (Å²) in [6, 6.07) is 19.5. The summed E-state index contributed by atoms with van der Waals surface area (Å²) in [5.41, 5.74) is -1.95. The number of pyridine rings is 2. The molecule has 0 atom stereocenters. The van der Waals surface area contributed by atoms with Crippen LogP contribution in [0.1, 0.15) is 146 Å². The molecule has 23 nitrogen and oxygen atoms in total. The maximum atomic E-state index is 12.8. The third-order valence-electron chi connectivity index (χ3n) is 15.0. The molecule has 36 heteroatoms. The van der Waals surface area contributed by atoms with Crippen LogP contribution in [0.4, 0.5) is 48.9 Å². The lowest BCUT2D eigenvalue weighted by molar-refractivity contribution is -0.138. The maximum Gasteiger partial charge on any atom is 0.417 e. The smallest absolute Gasteiger partial charge is 0.359 e. The molecule has 0 fully saturated rings. The minimum Gasteiger partial charge on any atom is -0.359 e. The zero-order valence-electron chi connectivity index (χ0n) is 57.7. The first-order valence-electron chi connectivity index (χ1n) is 29.9. The second-order valence-corrected chi connectivity index (χ2v) is 40.3. The fourth-order valence-corrected chi connectivity index (χ4v) is 15.8. The van der Waals surface area contributed by atoms with Gasteiger partial charge in [-0.15, -0.1) is 22.7 Å². The van der Waals surface area contributed by atoms with E-state index in [2.05, 4.69) is 62.5 Å². The first kappa shape index (κ1) is 83.9. The van der Waals surface area contributed by atoms with E-state index in [4.69, 9.17) is 9.05 Å². The predicted octanol–water partition coefficient (Wildman–Crippen LogP) is 14.5. The van der Waals surface area contributed by atoms with Crippen molar-refractivity contribution in [3.05, 3.63) is 159 Å². The lowest BCUT2D eigenvalue weighted by Crippen LogP contribution is -2.44. The molecule has 0 aliphatic carbocycles. The van der Waals surface area contributed by atoms with Crippen LogP contribution in [0.5, 0.6) is 0 Å². The summed E-state index contributed by atoms with van der Waals surface area (Å²) in [6.45, 7) is 28.0. The Morgan fingerprint density at radius 3 is 1.21 bits per heavy atom. The fraction of sp³-hybridized carbons (Fsp3) is 0.400. The summed E-state index contributed by atoms with van der Waals surface area (Å²) < 4.78 is 182. The lowest BCUT2D eigenvalue weighted by atomic mass is 9.93. The molecule has 0 saturated carbocycles. The van der Waals surface area contributed by atoms with Crippen LogP contribution in [0.25, 0.3) is 0 Å². The molecule has 550 valence electrons. The zero-order valence-corrected chi connectivity index (χ0v) is 64.2. The molecule has 0 unspecified atom stereocenters. The molecule has 101 heavy (non-hydrogen) atoms. The highest BCUT2D eigenvalue weighted by molar-refractivity contribution is 9.10. The van der Waals surface area contributed by atoms with E-state index in [1.165, 1.54) is 95.6 Å². The number of sulfone groups is 4. The van der Waals surface area contributed by atoms with E-state index >= 15 is 0 Å². The van der Waals surface area contributed by atoms with Crippen molar-refractivity contribution in [2.45, 2.75) is 184 Å². The number of anilines is 4. The van der Waals surface area contributed by atoms with Gasteiger partial charge in [-0.2, -0.15) is 26.3 Å². The summed E-state index contributed by atoms with van der Waals surface area (Å²) in [6.07, 6.45) is -6.11. The monoisotopic (exact) mass is 1590 g/mol. The molecule has 0 spiro atoms. The Labute approximate surface area is 598 Å². The summed E-state index contributed by atoms with van der Waals surface area (Å²) in [5, 5.41) is 21.3. The Morgan fingerprint density at radius 2 is 0.851 bits per heavy atom. The number of alkyl halides is 6. The number of aromatic nitrogens is 5. The number of carbonyl (C=O) groups is 4. The second-order valence-electron chi connectivity index (χ2n) is 27.3. The van der Waals surface area contributed by atoms with Crippen molar-refractivity contribution in [3.63, 3.8) is 0 Å². The average Bonchev–Trinajstić information content (AvgIpc) is 1.05. The molecule has 2 aromatic carbocycles. The Kier molecular flexibility index (Phi) is 25.5. The number of thiazole rings is 1. The number of nitrogens with zero attached hydrogens (tertiary/aromatic N) is 5. The lowest BCUT2D eigenvalue weighted by Gasteiger charge is -2.24. The van der Waals surface area contributed by atoms with Crippen LogP contribution in [-0.2, 0) is 87.1 Å². The Balaban J connectivity index is 0.000000243. The highest BCUT2D eigenvalue weighted by Gasteiger charge is 2.47. The van der Waals surface area contributed by atoms with Gasteiger partial charge in [-0.05, 0) is 140 Å². The van der Waals surface area contributed by atoms with Crippen molar-refractivity contribution in [2.75, 3.05) is 21.3 Å². The zero-order chi connectivity index (χ0) is 76.9. The van der Waals surface area contributed by atoms with Crippen molar-refractivity contribution < 1.29 is 88.2 Å². The molecule has 6 heterocycles. The third-order valence-corrected chi connectivity index (χ3v) is 27.3. The normalized spacial score (nSPS) is 13.0. The van der Waals surface area contributed by atoms with Gasteiger partial charge in [-0.25, -0.2) is 43.6 Å². The van der Waals surface area contributed by atoms with E-state index in [0.717, 1.165) is 53.6 Å². The first-order valence-corrected chi connectivity index (χ1v) is 38.4. The Bertz CT molecular complexity index is 4720. The van der Waals surface area contributed by atoms with Gasteiger partial charge in [-0.3, -0.25) is 24.2 Å². The number of benzene rings is 2. The minimum atomic E-state index is -4.66. The van der Waals surface area contributed by atoms with Gasteiger partial charge in [0.2, 0.25) is 33.5 Å². The van der Waals surface area contributed by atoms with Gasteiger partial charge in [-0.1, -0.05) is 94.6 Å². The van der Waals surface area contributed by atoms with Crippen LogP contribution in [0.3, 0.4) is 0 Å². The average molecular weight is 1590 g/mol. The van der Waals surface area contributed by atoms with Crippen LogP contribution in [0.2, 0.25) is 0 Å². The van der Waals surface area contributed by atoms with Crippen LogP contribution in [0, 0.1) is 0 Å². The molecule has 6 aromatic heterocycles. The Hall–Kier alpha value is -7.77. The van der Waals surface area contributed by atoms with Gasteiger partial charge in [0, 0.05) is 56.8 Å². The summed E-state index contributed by atoms with van der Waals surface area (Å²) in [7, 11) is -16.0. The number of nitrogens with one attached hydrogen (secondary N) is 4. The van der Waals surface area contributed by atoms with Crippen molar-refractivity contribution in [1.29, 1.82) is 0 Å². The number of halogens is 7. The SMILES string of the molecule is CC(C)(C(=O)Nc1ccc(C(F)(F)F)cn1)S(=O)(=O)c1ccc(C(F)(F)F)cc1.CC(C)(C)c1cc(NC(=O)C(C)(C)S(=O)(=O)c2ccc(Br)cc2)no1.CC(C)(C)c1cc(NC(=O)C(C)(C)S(=O)(=O)c2cccs2)no1.CC(C)(C)c1csc(NC(=O)C(C)(C)S(=O)(=O)c2cccnc2)n1. The molecule has 0 radical (unpaired) electrons. The molecule has 8 rings (SSSR count). The number of hydrogen-bond donors (Lipinski definition) is 4. The van der Waals surface area contributed by atoms with Crippen LogP contribution < -0.4 is 21.3 Å². The standard InChI is InChI=1S/C17H21BrN2O4S.C17H14F6N2O3S.C16H21N3O3S2.C15H20N2O4S2/c1-16(2,3)13-10-14(20-24-13)19-15(21)17(4,5)25(22,23)12-8-6-11(18)7-9-12;1-15(2,14(26)25-13-8-5-11(9-24-13)17(21,22)23)29(27,28)12-6-3-10(4-7-12)16(18,19)20;1-15(2,3)12-10-23-14(18-12)19-13(20)16(4,5)24(21,22)11-7-6-8-17-9-11;1-14(2,3)10-9-11(17-21-10)16-13(18)15(4,5)23(19,20)12-7-6-8-22-12/h6-10H,1-5H3,(H,19,20,21);3-9H,1-2H3,(H,24,25,26);6-10H,1-5H3,(H,18,19,20);6-9H,1-5H3,(H,16,17,18). The van der Waals surface area contributed by atoms with Crippen LogP contribution in [0.15, 0.2) is 159 Å². The molecule has 4 N–H and O–H groups in total. The van der Waals surface area contributed by atoms with Gasteiger partial charge >= 0.3 is 12.4 Å². The third kappa shape index (κ3) is 19.9. The van der Waals surface area contributed by atoms with Crippen molar-refractivity contribution in [1.82, 2.24) is 25.3 Å². The van der Waals surface area contributed by atoms with Crippen LogP contribution >= 0.6 is 38.6 Å². The molecule has 0 aliphatic rings. The molecule has 0 aliphatic heterocycles. The molecule has 0 saturated heterocycles. The fourth-order valence-electron chi connectivity index (χ4n) is 7.72. The topological polar surface area (TPSA) is 344 Å². The molecule has 8 aromatic rings.